The number of hydrogen-bond donors (Lipinski definition) is 1. The number of pyridine rings is 1. The van der Waals surface area contributed by atoms with E-state index in [1.165, 1.54) is 6.42 Å². The molecule has 0 amide bonds. The van der Waals surface area contributed by atoms with Gasteiger partial charge in [0, 0.05) is 29.8 Å². The number of piperidine rings is 3. The van der Waals surface area contributed by atoms with Crippen molar-refractivity contribution in [1.82, 2.24) is 9.88 Å². The van der Waals surface area contributed by atoms with E-state index in [2.05, 4.69) is 53.8 Å². The van der Waals surface area contributed by atoms with Crippen LogP contribution in [0.2, 0.25) is 0 Å². The number of aromatic nitrogens is 1. The number of anilines is 1. The number of ether oxygens (including phenoxy) is 4. The van der Waals surface area contributed by atoms with Crippen molar-refractivity contribution in [2.45, 2.75) is 45.3 Å². The molecule has 3 aromatic rings. The Labute approximate surface area is 248 Å². The van der Waals surface area contributed by atoms with Crippen LogP contribution in [0.15, 0.2) is 61.3 Å². The summed E-state index contributed by atoms with van der Waals surface area (Å²) in [7, 11) is 3.25. The molecule has 3 aliphatic rings. The number of nitrogens with one attached hydrogen (secondary N) is 1. The molecule has 41 heavy (non-hydrogen) atoms. The van der Waals surface area contributed by atoms with Crippen LogP contribution in [0, 0.1) is 17.8 Å². The first kappa shape index (κ1) is 29.1. The van der Waals surface area contributed by atoms with Crippen LogP contribution in [-0.4, -0.2) is 55.0 Å². The highest BCUT2D eigenvalue weighted by molar-refractivity contribution is 7.80. The molecule has 0 aliphatic carbocycles. The molecule has 3 saturated heterocycles. The zero-order valence-corrected chi connectivity index (χ0v) is 25.3. The Morgan fingerprint density at radius 2 is 1.98 bits per heavy atom. The number of nitrogens with zero attached hydrogens (tertiary/aromatic N) is 2. The van der Waals surface area contributed by atoms with Crippen molar-refractivity contribution in [3.63, 3.8) is 0 Å². The summed E-state index contributed by atoms with van der Waals surface area (Å²) in [6.45, 7) is 11.2. The zero-order chi connectivity index (χ0) is 28.9. The molecule has 1 N–H and O–H groups in total. The van der Waals surface area contributed by atoms with Crippen LogP contribution in [0.5, 0.6) is 17.2 Å². The van der Waals surface area contributed by atoms with Crippen molar-refractivity contribution < 1.29 is 18.9 Å². The standard InChI is InChI=1S/C33H41N3O4S/c1-6-22-20-36-15-12-23(22)17-30(36)32(40-33(41)35-29-10-7-24(37-4)19-31(29)38-5)26-11-14-34-28-9-8-25(18-27(26)28)39-16-13-21(2)3/h6-11,14,18-19,21-23,30,32H,1,12-13,15-17,20H2,2-5H3,(H,35,41). The normalized spacial score (nSPS) is 22.3. The van der Waals surface area contributed by atoms with Gasteiger partial charge in [-0.3, -0.25) is 9.88 Å². The molecular formula is C33H41N3O4S. The average molecular weight is 576 g/mol. The summed E-state index contributed by atoms with van der Waals surface area (Å²) in [5.74, 6) is 3.84. The van der Waals surface area contributed by atoms with Crippen LogP contribution >= 0.6 is 12.2 Å². The van der Waals surface area contributed by atoms with E-state index in [0.717, 1.165) is 53.8 Å². The highest BCUT2D eigenvalue weighted by Crippen LogP contribution is 2.44. The van der Waals surface area contributed by atoms with E-state index >= 15 is 0 Å². The molecule has 6 rings (SSSR count). The number of fused-ring (bicyclic) bond motifs is 4. The molecule has 2 bridgehead atoms. The molecular weight excluding hydrogens is 534 g/mol. The van der Waals surface area contributed by atoms with E-state index in [1.807, 2.05) is 36.5 Å². The van der Waals surface area contributed by atoms with Crippen molar-refractivity contribution >= 4 is 34.0 Å². The molecule has 5 unspecified atom stereocenters. The van der Waals surface area contributed by atoms with Gasteiger partial charge in [-0.25, -0.2) is 0 Å². The average Bonchev–Trinajstić information content (AvgIpc) is 2.99. The van der Waals surface area contributed by atoms with Crippen LogP contribution in [-0.2, 0) is 4.74 Å². The van der Waals surface area contributed by atoms with Crippen molar-refractivity contribution in [3.05, 3.63) is 66.9 Å². The second-order valence-electron chi connectivity index (χ2n) is 11.4. The first-order valence-electron chi connectivity index (χ1n) is 14.5. The summed E-state index contributed by atoms with van der Waals surface area (Å²) in [5.41, 5.74) is 2.68. The van der Waals surface area contributed by atoms with E-state index in [1.54, 1.807) is 14.2 Å². The lowest BCUT2D eigenvalue weighted by Crippen LogP contribution is -2.55. The van der Waals surface area contributed by atoms with Gasteiger partial charge in [0.15, 0.2) is 0 Å². The van der Waals surface area contributed by atoms with Gasteiger partial charge in [0.1, 0.15) is 23.4 Å². The maximum Gasteiger partial charge on any atom is 0.261 e. The number of rotatable bonds is 11. The second-order valence-corrected chi connectivity index (χ2v) is 11.7. The molecule has 8 heteroatoms. The summed E-state index contributed by atoms with van der Waals surface area (Å²) in [6.07, 6.45) is 6.87. The molecule has 4 heterocycles. The topological polar surface area (TPSA) is 65.1 Å². The Bertz CT molecular complexity index is 1380. The number of benzene rings is 2. The van der Waals surface area contributed by atoms with Gasteiger partial charge >= 0.3 is 0 Å². The molecule has 218 valence electrons. The summed E-state index contributed by atoms with van der Waals surface area (Å²) in [4.78, 5) is 7.21. The molecule has 3 aliphatic heterocycles. The summed E-state index contributed by atoms with van der Waals surface area (Å²) < 4.78 is 23.8. The lowest BCUT2D eigenvalue weighted by Gasteiger charge is -2.51. The minimum atomic E-state index is -0.302. The largest absolute Gasteiger partial charge is 0.497 e. The predicted octanol–water partition coefficient (Wildman–Crippen LogP) is 7.03. The highest BCUT2D eigenvalue weighted by Gasteiger charge is 2.44. The number of methoxy groups -OCH3 is 2. The summed E-state index contributed by atoms with van der Waals surface area (Å²) in [6, 6.07) is 13.9. The van der Waals surface area contributed by atoms with Crippen LogP contribution in [0.1, 0.15) is 44.8 Å². The monoisotopic (exact) mass is 575 g/mol. The minimum absolute atomic E-state index is 0.165. The van der Waals surface area contributed by atoms with Gasteiger partial charge in [-0.1, -0.05) is 19.9 Å². The Morgan fingerprint density at radius 3 is 2.68 bits per heavy atom. The quantitative estimate of drug-likeness (QED) is 0.193. The summed E-state index contributed by atoms with van der Waals surface area (Å²) >= 11 is 5.82. The lowest BCUT2D eigenvalue weighted by molar-refractivity contribution is -0.0386. The molecule has 0 saturated carbocycles. The van der Waals surface area contributed by atoms with E-state index in [4.69, 9.17) is 31.2 Å². The molecule has 7 nitrogen and oxygen atoms in total. The van der Waals surface area contributed by atoms with E-state index in [-0.39, 0.29) is 17.3 Å². The molecule has 5 atom stereocenters. The van der Waals surface area contributed by atoms with Crippen molar-refractivity contribution in [3.8, 4) is 17.2 Å². The van der Waals surface area contributed by atoms with E-state index in [0.29, 0.717) is 35.9 Å². The van der Waals surface area contributed by atoms with Gasteiger partial charge in [0.05, 0.1) is 38.1 Å². The van der Waals surface area contributed by atoms with Crippen LogP contribution < -0.4 is 19.5 Å². The van der Waals surface area contributed by atoms with Gasteiger partial charge in [-0.15, -0.1) is 6.58 Å². The second kappa shape index (κ2) is 13.1. The molecule has 0 spiro atoms. The Kier molecular flexibility index (Phi) is 9.30. The predicted molar refractivity (Wildman–Crippen MR) is 168 cm³/mol. The van der Waals surface area contributed by atoms with Crippen molar-refractivity contribution in [2.75, 3.05) is 39.2 Å². The third-order valence-corrected chi connectivity index (χ3v) is 8.60. The SMILES string of the molecule is C=CC1CN2CCC1CC2C(OC(=S)Nc1ccc(OC)cc1OC)c1ccnc2ccc(OCCC(C)C)cc12. The summed E-state index contributed by atoms with van der Waals surface area (Å²) in [5, 5.41) is 4.58. The lowest BCUT2D eigenvalue weighted by atomic mass is 9.73. The van der Waals surface area contributed by atoms with Gasteiger partial charge in [0.2, 0.25) is 0 Å². The van der Waals surface area contributed by atoms with Crippen LogP contribution in [0.4, 0.5) is 5.69 Å². The fourth-order valence-corrected chi connectivity index (χ4v) is 6.31. The highest BCUT2D eigenvalue weighted by atomic mass is 32.1. The fraction of sp³-hybridized carbons (Fsp3) is 0.455. The minimum Gasteiger partial charge on any atom is -0.497 e. The molecule has 2 aromatic carbocycles. The fourth-order valence-electron chi connectivity index (χ4n) is 6.09. The van der Waals surface area contributed by atoms with Crippen LogP contribution in [0.3, 0.4) is 0 Å². The van der Waals surface area contributed by atoms with Gasteiger partial charge in [0.25, 0.3) is 5.17 Å². The van der Waals surface area contributed by atoms with Crippen LogP contribution in [0.25, 0.3) is 10.9 Å². The van der Waals surface area contributed by atoms with Crippen molar-refractivity contribution in [1.29, 1.82) is 0 Å². The Hall–Kier alpha value is -3.36. The number of thiocarbonyl (C=S) groups is 1. The molecule has 1 aromatic heterocycles. The smallest absolute Gasteiger partial charge is 0.261 e. The third-order valence-electron chi connectivity index (χ3n) is 8.40. The third kappa shape index (κ3) is 6.60. The Morgan fingerprint density at radius 1 is 1.15 bits per heavy atom. The van der Waals surface area contributed by atoms with Gasteiger partial charge in [-0.05, 0) is 92.2 Å². The Balaban J connectivity index is 1.47. The maximum absolute atomic E-state index is 6.72. The molecule has 3 fully saturated rings. The first-order valence-corrected chi connectivity index (χ1v) is 14.9. The van der Waals surface area contributed by atoms with Gasteiger partial charge < -0.3 is 24.3 Å². The zero-order valence-electron chi connectivity index (χ0n) is 24.5. The first-order chi connectivity index (χ1) is 19.9. The maximum atomic E-state index is 6.72. The van der Waals surface area contributed by atoms with E-state index in [9.17, 15) is 0 Å². The van der Waals surface area contributed by atoms with Crippen molar-refractivity contribution in [2.24, 2.45) is 17.8 Å². The van der Waals surface area contributed by atoms with Gasteiger partial charge in [-0.2, -0.15) is 0 Å². The molecule has 0 radical (unpaired) electrons. The number of hydrogen-bond acceptors (Lipinski definition) is 7. The van der Waals surface area contributed by atoms with E-state index < -0.39 is 0 Å².